The molecule has 0 unspecified atom stereocenters. The average Bonchev–Trinajstić information content (AvgIpc) is 2.78. The number of nitrogens with two attached hydrogens (primary N) is 2. The minimum absolute atomic E-state index is 0.435. The van der Waals surface area contributed by atoms with Gasteiger partial charge >= 0.3 is 0 Å². The van der Waals surface area contributed by atoms with Crippen LogP contribution in [0.3, 0.4) is 0 Å². The van der Waals surface area contributed by atoms with Crippen LogP contribution in [0, 0.1) is 6.92 Å². The lowest BCUT2D eigenvalue weighted by atomic mass is 10.1. The standard InChI is InChI=1S/C15H19N3OS2/c1-9-4-6-10(7-5-9)8-18(2)15-13(20-3)11(16)12(21-15)14(17)19/h4-7H,8,16H2,1-3H3,(H2,17,19). The first-order valence-corrected chi connectivity index (χ1v) is 8.51. The quantitative estimate of drug-likeness (QED) is 0.830. The number of hydrogen-bond donors (Lipinski definition) is 2. The molecule has 0 bridgehead atoms. The van der Waals surface area contributed by atoms with Gasteiger partial charge in [0, 0.05) is 13.6 Å². The van der Waals surface area contributed by atoms with Crippen molar-refractivity contribution in [3.05, 3.63) is 40.3 Å². The minimum atomic E-state index is -0.470. The van der Waals surface area contributed by atoms with Crippen molar-refractivity contribution >= 4 is 39.7 Å². The van der Waals surface area contributed by atoms with Crippen molar-refractivity contribution in [1.29, 1.82) is 0 Å². The minimum Gasteiger partial charge on any atom is -0.396 e. The van der Waals surface area contributed by atoms with Gasteiger partial charge in [0.15, 0.2) is 0 Å². The molecule has 1 aromatic carbocycles. The van der Waals surface area contributed by atoms with Crippen molar-refractivity contribution in [2.45, 2.75) is 18.4 Å². The summed E-state index contributed by atoms with van der Waals surface area (Å²) in [5.74, 6) is -0.470. The predicted octanol–water partition coefficient (Wildman–Crippen LogP) is 3.10. The second-order valence-corrected chi connectivity index (χ2v) is 6.70. The molecule has 6 heteroatoms. The maximum atomic E-state index is 11.4. The van der Waals surface area contributed by atoms with Crippen LogP contribution < -0.4 is 16.4 Å². The Labute approximate surface area is 133 Å². The number of amides is 1. The Morgan fingerprint density at radius 2 is 1.95 bits per heavy atom. The average molecular weight is 321 g/mol. The summed E-state index contributed by atoms with van der Waals surface area (Å²) in [6, 6.07) is 8.40. The van der Waals surface area contributed by atoms with E-state index in [2.05, 4.69) is 36.1 Å². The highest BCUT2D eigenvalue weighted by Crippen LogP contribution is 2.43. The monoisotopic (exact) mass is 321 g/mol. The maximum absolute atomic E-state index is 11.4. The number of benzene rings is 1. The molecule has 2 aromatic rings. The van der Waals surface area contributed by atoms with Gasteiger partial charge in [0.2, 0.25) is 0 Å². The number of carbonyl (C=O) groups excluding carboxylic acids is 1. The Kier molecular flexibility index (Phi) is 4.80. The summed E-state index contributed by atoms with van der Waals surface area (Å²) >= 11 is 2.89. The summed E-state index contributed by atoms with van der Waals surface area (Å²) in [6.07, 6.45) is 1.95. The zero-order valence-electron chi connectivity index (χ0n) is 12.3. The second-order valence-electron chi connectivity index (χ2n) is 4.89. The molecule has 0 aliphatic rings. The Hall–Kier alpha value is -1.66. The highest BCUT2D eigenvalue weighted by Gasteiger charge is 2.21. The SMILES string of the molecule is CSc1c(N(C)Cc2ccc(C)cc2)sc(C(N)=O)c1N. The smallest absolute Gasteiger partial charge is 0.261 e. The van der Waals surface area contributed by atoms with Crippen LogP contribution in [0.1, 0.15) is 20.8 Å². The Balaban J connectivity index is 2.30. The number of thioether (sulfide) groups is 1. The van der Waals surface area contributed by atoms with Gasteiger partial charge in [0.05, 0.1) is 10.6 Å². The number of nitrogens with zero attached hydrogens (tertiary/aromatic N) is 1. The number of rotatable bonds is 5. The number of hydrogen-bond acceptors (Lipinski definition) is 5. The van der Waals surface area contributed by atoms with Gasteiger partial charge in [-0.25, -0.2) is 0 Å². The predicted molar refractivity (Wildman–Crippen MR) is 92.3 cm³/mol. The molecule has 2 rings (SSSR count). The van der Waals surface area contributed by atoms with Gasteiger partial charge in [0.1, 0.15) is 9.88 Å². The summed E-state index contributed by atoms with van der Waals surface area (Å²) in [7, 11) is 2.00. The van der Waals surface area contributed by atoms with Crippen LogP contribution >= 0.6 is 23.1 Å². The lowest BCUT2D eigenvalue weighted by Crippen LogP contribution is -2.15. The van der Waals surface area contributed by atoms with E-state index in [-0.39, 0.29) is 0 Å². The highest BCUT2D eigenvalue weighted by molar-refractivity contribution is 7.99. The van der Waals surface area contributed by atoms with E-state index < -0.39 is 5.91 Å². The molecular weight excluding hydrogens is 302 g/mol. The van der Waals surface area contributed by atoms with Crippen molar-refractivity contribution in [1.82, 2.24) is 0 Å². The van der Waals surface area contributed by atoms with E-state index in [1.807, 2.05) is 13.3 Å². The summed E-state index contributed by atoms with van der Waals surface area (Å²) < 4.78 is 0. The molecule has 1 aromatic heterocycles. The number of anilines is 2. The first-order chi connectivity index (χ1) is 9.93. The van der Waals surface area contributed by atoms with Crippen LogP contribution in [0.15, 0.2) is 29.2 Å². The molecule has 0 fully saturated rings. The fraction of sp³-hybridized carbons (Fsp3) is 0.267. The molecule has 0 atom stereocenters. The molecule has 0 aliphatic carbocycles. The van der Waals surface area contributed by atoms with Gasteiger partial charge in [-0.3, -0.25) is 4.79 Å². The van der Waals surface area contributed by atoms with Gasteiger partial charge in [-0.15, -0.1) is 23.1 Å². The molecule has 1 amide bonds. The van der Waals surface area contributed by atoms with E-state index in [4.69, 9.17) is 11.5 Å². The third-order valence-electron chi connectivity index (χ3n) is 3.20. The normalized spacial score (nSPS) is 10.6. The van der Waals surface area contributed by atoms with Crippen LogP contribution in [-0.4, -0.2) is 19.2 Å². The van der Waals surface area contributed by atoms with Gasteiger partial charge in [-0.05, 0) is 18.7 Å². The molecule has 112 valence electrons. The van der Waals surface area contributed by atoms with Crippen molar-refractivity contribution in [2.24, 2.45) is 5.73 Å². The molecule has 0 radical (unpaired) electrons. The number of aryl methyl sites for hydroxylation is 1. The van der Waals surface area contributed by atoms with Crippen LogP contribution in [0.25, 0.3) is 0 Å². The number of thiophene rings is 1. The fourth-order valence-electron chi connectivity index (χ4n) is 2.09. The van der Waals surface area contributed by atoms with Crippen LogP contribution in [0.5, 0.6) is 0 Å². The number of primary amides is 1. The second kappa shape index (κ2) is 6.41. The zero-order chi connectivity index (χ0) is 15.6. The number of carbonyl (C=O) groups is 1. The van der Waals surface area contributed by atoms with E-state index in [9.17, 15) is 4.79 Å². The van der Waals surface area contributed by atoms with Crippen molar-refractivity contribution in [3.8, 4) is 0 Å². The van der Waals surface area contributed by atoms with E-state index in [0.717, 1.165) is 16.4 Å². The zero-order valence-corrected chi connectivity index (χ0v) is 14.0. The van der Waals surface area contributed by atoms with Crippen LogP contribution in [0.4, 0.5) is 10.7 Å². The highest BCUT2D eigenvalue weighted by atomic mass is 32.2. The van der Waals surface area contributed by atoms with Gasteiger partial charge in [-0.1, -0.05) is 29.8 Å². The summed E-state index contributed by atoms with van der Waals surface area (Å²) in [5, 5.41) is 0.981. The lowest BCUT2D eigenvalue weighted by Gasteiger charge is -2.19. The van der Waals surface area contributed by atoms with Gasteiger partial charge < -0.3 is 16.4 Å². The molecule has 4 N–H and O–H groups in total. The Bertz CT molecular complexity index is 650. The van der Waals surface area contributed by atoms with E-state index in [1.165, 1.54) is 34.2 Å². The largest absolute Gasteiger partial charge is 0.396 e. The third-order valence-corrected chi connectivity index (χ3v) is 5.48. The maximum Gasteiger partial charge on any atom is 0.261 e. The van der Waals surface area contributed by atoms with E-state index >= 15 is 0 Å². The fourth-order valence-corrected chi connectivity index (χ4v) is 4.11. The van der Waals surface area contributed by atoms with E-state index in [1.54, 1.807) is 0 Å². The molecular formula is C15H19N3OS2. The van der Waals surface area contributed by atoms with E-state index in [0.29, 0.717) is 10.6 Å². The molecule has 0 aliphatic heterocycles. The summed E-state index contributed by atoms with van der Waals surface area (Å²) in [5.41, 5.74) is 14.4. The van der Waals surface area contributed by atoms with Crippen LogP contribution in [0.2, 0.25) is 0 Å². The molecule has 0 spiro atoms. The first-order valence-electron chi connectivity index (χ1n) is 6.46. The molecule has 4 nitrogen and oxygen atoms in total. The lowest BCUT2D eigenvalue weighted by molar-refractivity contribution is 0.100. The Morgan fingerprint density at radius 3 is 2.48 bits per heavy atom. The Morgan fingerprint density at radius 1 is 1.33 bits per heavy atom. The van der Waals surface area contributed by atoms with Gasteiger partial charge in [0.25, 0.3) is 5.91 Å². The summed E-state index contributed by atoms with van der Waals surface area (Å²) in [6.45, 7) is 2.82. The summed E-state index contributed by atoms with van der Waals surface area (Å²) in [4.78, 5) is 14.9. The number of nitrogen functional groups attached to an aromatic ring is 1. The third kappa shape index (κ3) is 3.33. The topological polar surface area (TPSA) is 72.3 Å². The van der Waals surface area contributed by atoms with Crippen molar-refractivity contribution in [2.75, 3.05) is 23.9 Å². The first kappa shape index (κ1) is 15.7. The molecule has 0 saturated heterocycles. The van der Waals surface area contributed by atoms with Crippen LogP contribution in [-0.2, 0) is 6.54 Å². The van der Waals surface area contributed by atoms with Gasteiger partial charge in [-0.2, -0.15) is 0 Å². The molecule has 1 heterocycles. The molecule has 21 heavy (non-hydrogen) atoms. The molecule has 0 saturated carbocycles. The van der Waals surface area contributed by atoms with Crippen molar-refractivity contribution < 1.29 is 4.79 Å². The van der Waals surface area contributed by atoms with Crippen molar-refractivity contribution in [3.63, 3.8) is 0 Å².